The molecule has 0 fully saturated rings. The van der Waals surface area contributed by atoms with Gasteiger partial charge in [0.15, 0.2) is 0 Å². The molecule has 0 radical (unpaired) electrons. The van der Waals surface area contributed by atoms with Gasteiger partial charge in [-0.2, -0.15) is 0 Å². The second-order valence-electron chi connectivity index (χ2n) is 15.2. The van der Waals surface area contributed by atoms with Gasteiger partial charge in [0.2, 0.25) is 8.32 Å². The molecule has 7 heteroatoms. The lowest BCUT2D eigenvalue weighted by atomic mass is 10.0. The third-order valence-electron chi connectivity index (χ3n) is 9.16. The molecule has 34 heavy (non-hydrogen) atoms. The Morgan fingerprint density at radius 3 is 1.26 bits per heavy atom. The van der Waals surface area contributed by atoms with E-state index in [0.717, 1.165) is 19.3 Å². The molecule has 3 atom stereocenters. The Bertz CT molecular complexity index is 569. The SMILES string of the molecule is CCC[C@H](C[C@H]([C@@H](C)C=O)[Si]([Si](C)(C)C)([Si](C)(C)C)[Si](C)(C)C)O[Si](C(C)C)(C(C)C)C(C)C. The Labute approximate surface area is 220 Å². The summed E-state index contributed by atoms with van der Waals surface area (Å²) in [6, 6.07) is 0. The van der Waals surface area contributed by atoms with Crippen molar-refractivity contribution in [2.24, 2.45) is 5.92 Å². The second kappa shape index (κ2) is 12.5. The fourth-order valence-corrected chi connectivity index (χ4v) is 121. The van der Waals surface area contributed by atoms with E-state index in [9.17, 15) is 4.79 Å². The van der Waals surface area contributed by atoms with E-state index in [1.807, 2.05) is 0 Å². The molecule has 204 valence electrons. The number of rotatable bonds is 15. The first kappa shape index (κ1) is 34.7. The molecule has 0 aliphatic rings. The molecule has 0 aliphatic carbocycles. The lowest BCUT2D eigenvalue weighted by Gasteiger charge is -2.63. The summed E-state index contributed by atoms with van der Waals surface area (Å²) in [7, 11) is -6.49. The smallest absolute Gasteiger partial charge is 0.200 e. The second-order valence-corrected chi connectivity index (χ2v) is 61.6. The molecule has 0 saturated heterocycles. The highest BCUT2D eigenvalue weighted by molar-refractivity contribution is 7.89. The average Bonchev–Trinajstić information content (AvgIpc) is 2.60. The van der Waals surface area contributed by atoms with Crippen molar-refractivity contribution in [2.45, 2.75) is 162 Å². The van der Waals surface area contributed by atoms with Crippen molar-refractivity contribution < 1.29 is 9.22 Å². The maximum absolute atomic E-state index is 12.6. The van der Waals surface area contributed by atoms with Gasteiger partial charge in [0.05, 0.1) is 0 Å². The van der Waals surface area contributed by atoms with Gasteiger partial charge in [0.1, 0.15) is 6.29 Å². The number of aldehydes is 1. The first-order valence-corrected chi connectivity index (χ1v) is 31.9. The topological polar surface area (TPSA) is 26.3 Å². The summed E-state index contributed by atoms with van der Waals surface area (Å²) >= 11 is 0. The van der Waals surface area contributed by atoms with Crippen LogP contribution < -0.4 is 0 Å². The molecule has 0 bridgehead atoms. The third kappa shape index (κ3) is 6.77. The highest BCUT2D eigenvalue weighted by Crippen LogP contribution is 2.51. The molecule has 0 aromatic heterocycles. The fourth-order valence-electron chi connectivity index (χ4n) is 9.45. The molecule has 0 N–H and O–H groups in total. The van der Waals surface area contributed by atoms with Gasteiger partial charge in [-0.25, -0.2) is 0 Å². The summed E-state index contributed by atoms with van der Waals surface area (Å²) in [5, 5.41) is 0. The van der Waals surface area contributed by atoms with Gasteiger partial charge in [-0.3, -0.25) is 0 Å². The van der Waals surface area contributed by atoms with Crippen LogP contribution in [-0.4, -0.2) is 50.1 Å². The Morgan fingerprint density at radius 1 is 0.676 bits per heavy atom. The monoisotopic (exact) mass is 560 g/mol. The minimum Gasteiger partial charge on any atom is -0.413 e. The van der Waals surface area contributed by atoms with Gasteiger partial charge < -0.3 is 9.22 Å². The zero-order valence-corrected chi connectivity index (χ0v) is 31.5. The summed E-state index contributed by atoms with van der Waals surface area (Å²) in [5.41, 5.74) is 2.36. The number of hydrogen-bond donors (Lipinski definition) is 0. The van der Waals surface area contributed by atoms with Crippen LogP contribution in [0.5, 0.6) is 0 Å². The van der Waals surface area contributed by atoms with E-state index in [-0.39, 0.29) is 5.92 Å². The van der Waals surface area contributed by atoms with Crippen molar-refractivity contribution in [1.82, 2.24) is 0 Å². The van der Waals surface area contributed by atoms with Crippen molar-refractivity contribution >= 4 is 44.0 Å². The minimum absolute atomic E-state index is 0.146. The quantitative estimate of drug-likeness (QED) is 0.147. The molecule has 0 aromatic carbocycles. The third-order valence-corrected chi connectivity index (χ3v) is 89.4. The summed E-state index contributed by atoms with van der Waals surface area (Å²) < 4.78 is 7.51. The molecule has 0 unspecified atom stereocenters. The lowest BCUT2D eigenvalue weighted by molar-refractivity contribution is -0.110. The predicted octanol–water partition coefficient (Wildman–Crippen LogP) is 9.64. The van der Waals surface area contributed by atoms with Crippen LogP contribution in [0.2, 0.25) is 81.1 Å². The van der Waals surface area contributed by atoms with Crippen LogP contribution in [-0.2, 0) is 9.22 Å². The van der Waals surface area contributed by atoms with E-state index in [2.05, 4.69) is 114 Å². The molecular weight excluding hydrogens is 497 g/mol. The summed E-state index contributed by atoms with van der Waals surface area (Å²) in [5.74, 6) is 0.146. The van der Waals surface area contributed by atoms with Crippen LogP contribution in [0.4, 0.5) is 0 Å². The summed E-state index contributed by atoms with van der Waals surface area (Å²) in [6.07, 6.45) is 5.05. The summed E-state index contributed by atoms with van der Waals surface area (Å²) in [6.45, 7) is 41.3. The number of carbonyl (C=O) groups excluding carboxylic acids is 1. The molecule has 0 heterocycles. The van der Waals surface area contributed by atoms with Crippen LogP contribution >= 0.6 is 0 Å². The van der Waals surface area contributed by atoms with Crippen molar-refractivity contribution in [1.29, 1.82) is 0 Å². The first-order chi connectivity index (χ1) is 15.1. The predicted molar refractivity (Wildman–Crippen MR) is 170 cm³/mol. The molecule has 0 aliphatic heterocycles. The van der Waals surface area contributed by atoms with Crippen molar-refractivity contribution in [3.8, 4) is 0 Å². The van der Waals surface area contributed by atoms with E-state index < -0.39 is 37.7 Å². The molecule has 2 nitrogen and oxygen atoms in total. The first-order valence-electron chi connectivity index (χ1n) is 14.2. The van der Waals surface area contributed by atoms with Gasteiger partial charge in [-0.1, -0.05) is 121 Å². The van der Waals surface area contributed by atoms with Crippen LogP contribution in [0, 0.1) is 5.92 Å². The normalized spacial score (nSPS) is 17.4. The van der Waals surface area contributed by atoms with E-state index in [1.54, 1.807) is 0 Å². The lowest BCUT2D eigenvalue weighted by Crippen LogP contribution is -2.85. The Morgan fingerprint density at radius 2 is 1.03 bits per heavy atom. The van der Waals surface area contributed by atoms with Gasteiger partial charge in [0.25, 0.3) is 0 Å². The van der Waals surface area contributed by atoms with Crippen molar-refractivity contribution in [2.75, 3.05) is 0 Å². The van der Waals surface area contributed by atoms with Crippen molar-refractivity contribution in [3.63, 3.8) is 0 Å². The van der Waals surface area contributed by atoms with Gasteiger partial charge in [0, 0.05) is 41.4 Å². The Kier molecular flexibility index (Phi) is 12.8. The van der Waals surface area contributed by atoms with Gasteiger partial charge in [-0.05, 0) is 35.0 Å². The highest BCUT2D eigenvalue weighted by Gasteiger charge is 2.66. The Hall–Kier alpha value is 0.714. The molecule has 0 aromatic rings. The van der Waals surface area contributed by atoms with Gasteiger partial charge >= 0.3 is 0 Å². The molecule has 0 amide bonds. The van der Waals surface area contributed by atoms with Crippen LogP contribution in [0.3, 0.4) is 0 Å². The molecule has 0 rings (SSSR count). The largest absolute Gasteiger partial charge is 0.413 e. The van der Waals surface area contributed by atoms with E-state index in [0.29, 0.717) is 28.3 Å². The molecular formula is C27H64O2Si5. The van der Waals surface area contributed by atoms with Crippen LogP contribution in [0.1, 0.15) is 74.7 Å². The van der Waals surface area contributed by atoms with Crippen LogP contribution in [0.25, 0.3) is 0 Å². The van der Waals surface area contributed by atoms with Crippen LogP contribution in [0.15, 0.2) is 0 Å². The summed E-state index contributed by atoms with van der Waals surface area (Å²) in [4.78, 5) is 12.6. The highest BCUT2D eigenvalue weighted by atomic mass is 29.9. The maximum atomic E-state index is 12.6. The molecule has 0 spiro atoms. The van der Waals surface area contributed by atoms with E-state index in [4.69, 9.17) is 4.43 Å². The standard InChI is InChI=1S/C27H64O2Si5/c1-18-19-26(29-33(22(2)3,23(4)5)24(6)7)20-27(25(8)21-28)34(30(9,10)11,31(12,13)14)32(15,16)17/h21-27H,18-20H2,1-17H3/t25-,26+,27+/m0/s1. The van der Waals surface area contributed by atoms with E-state index in [1.165, 1.54) is 6.29 Å². The molecule has 0 saturated carbocycles. The van der Waals surface area contributed by atoms with E-state index >= 15 is 0 Å². The average molecular weight is 561 g/mol. The Balaban J connectivity index is 7.04. The minimum atomic E-state index is -1.98. The van der Waals surface area contributed by atoms with Crippen molar-refractivity contribution in [3.05, 3.63) is 0 Å². The van der Waals surface area contributed by atoms with Gasteiger partial charge in [-0.15, -0.1) is 0 Å². The zero-order valence-electron chi connectivity index (χ0n) is 26.5. The number of carbonyl (C=O) groups is 1. The number of hydrogen-bond acceptors (Lipinski definition) is 2. The maximum Gasteiger partial charge on any atom is 0.200 e. The zero-order chi connectivity index (χ0) is 27.5. The fraction of sp³-hybridized carbons (Fsp3) is 0.963.